The Kier molecular flexibility index (Phi) is 6.57. The molecule has 1 N–H and O–H groups in total. The maximum absolute atomic E-state index is 11.8. The number of rotatable bonds is 6. The maximum Gasteiger partial charge on any atom is 0.251 e. The van der Waals surface area contributed by atoms with Crippen LogP contribution in [-0.4, -0.2) is 19.0 Å². The van der Waals surface area contributed by atoms with Crippen molar-refractivity contribution in [3.05, 3.63) is 43.7 Å². The number of halogens is 2. The van der Waals surface area contributed by atoms with Gasteiger partial charge in [0.1, 0.15) is 0 Å². The molecule has 0 aliphatic carbocycles. The number of benzene rings is 1. The molecule has 1 amide bonds. The van der Waals surface area contributed by atoms with Crippen LogP contribution in [0.3, 0.4) is 0 Å². The number of carbonyl (C=O) groups is 1. The van der Waals surface area contributed by atoms with Gasteiger partial charge in [0.2, 0.25) is 0 Å². The van der Waals surface area contributed by atoms with Crippen molar-refractivity contribution in [1.29, 1.82) is 0 Å². The third-order valence-corrected chi connectivity index (χ3v) is 2.83. The summed E-state index contributed by atoms with van der Waals surface area (Å²) in [6.45, 7) is 0.999. The number of carbonyl (C=O) groups excluding carboxylic acids is 1. The van der Waals surface area contributed by atoms with Crippen molar-refractivity contribution < 1.29 is 4.79 Å². The van der Waals surface area contributed by atoms with Crippen LogP contribution in [0.15, 0.2) is 27.8 Å². The Hall–Kier alpha value is -1.23. The van der Waals surface area contributed by atoms with Gasteiger partial charge < -0.3 is 5.32 Å². The van der Waals surface area contributed by atoms with Crippen LogP contribution < -0.4 is 5.32 Å². The van der Waals surface area contributed by atoms with E-state index in [-0.39, 0.29) is 5.91 Å². The molecule has 0 heterocycles. The molecule has 96 valence electrons. The lowest BCUT2D eigenvalue weighted by molar-refractivity contribution is 0.0953. The van der Waals surface area contributed by atoms with Gasteiger partial charge in [-0.05, 0) is 36.6 Å². The largest absolute Gasteiger partial charge is 0.352 e. The molecule has 0 aliphatic rings. The number of nitrogens with one attached hydrogen (secondary N) is 1. The molecule has 0 aromatic heterocycles. The van der Waals surface area contributed by atoms with E-state index in [2.05, 4.69) is 31.3 Å². The van der Waals surface area contributed by atoms with E-state index in [1.807, 2.05) is 0 Å². The lowest BCUT2D eigenvalue weighted by Crippen LogP contribution is -2.24. The van der Waals surface area contributed by atoms with E-state index in [0.717, 1.165) is 17.3 Å². The minimum atomic E-state index is -0.165. The first-order chi connectivity index (χ1) is 8.63. The van der Waals surface area contributed by atoms with E-state index in [1.165, 1.54) is 0 Å². The normalized spacial score (nSPS) is 9.67. The number of hydrogen-bond acceptors (Lipinski definition) is 2. The van der Waals surface area contributed by atoms with E-state index in [4.69, 9.17) is 17.1 Å². The van der Waals surface area contributed by atoms with Crippen LogP contribution >= 0.6 is 27.5 Å². The maximum atomic E-state index is 11.8. The highest BCUT2D eigenvalue weighted by Gasteiger charge is 2.06. The number of amides is 1. The molecular weight excluding hydrogens is 320 g/mol. The van der Waals surface area contributed by atoms with Gasteiger partial charge in [0.05, 0.1) is 0 Å². The molecule has 0 radical (unpaired) electrons. The Bertz CT molecular complexity index is 454. The topological polar surface area (TPSA) is 77.9 Å². The fraction of sp³-hybridized carbons (Fsp3) is 0.364. The van der Waals surface area contributed by atoms with E-state index >= 15 is 0 Å². The number of azide groups is 1. The monoisotopic (exact) mass is 330 g/mol. The van der Waals surface area contributed by atoms with Gasteiger partial charge in [-0.1, -0.05) is 32.6 Å². The third-order valence-electron chi connectivity index (χ3n) is 2.16. The molecule has 0 atom stereocenters. The van der Waals surface area contributed by atoms with Crippen LogP contribution in [0, 0.1) is 0 Å². The third kappa shape index (κ3) is 5.40. The summed E-state index contributed by atoms with van der Waals surface area (Å²) in [4.78, 5) is 14.4. The first-order valence-electron chi connectivity index (χ1n) is 5.38. The summed E-state index contributed by atoms with van der Waals surface area (Å²) in [7, 11) is 0. The van der Waals surface area contributed by atoms with Crippen LogP contribution in [0.25, 0.3) is 10.4 Å². The van der Waals surface area contributed by atoms with Gasteiger partial charge in [0.25, 0.3) is 5.91 Å². The summed E-state index contributed by atoms with van der Waals surface area (Å²) in [5.74, 6) is -0.165. The zero-order valence-corrected chi connectivity index (χ0v) is 11.9. The number of nitrogens with zero attached hydrogens (tertiary/aromatic N) is 3. The van der Waals surface area contributed by atoms with Crippen LogP contribution in [-0.2, 0) is 0 Å². The zero-order chi connectivity index (χ0) is 13.4. The zero-order valence-electron chi connectivity index (χ0n) is 9.57. The molecule has 1 rings (SSSR count). The molecule has 1 aromatic carbocycles. The average molecular weight is 332 g/mol. The highest BCUT2D eigenvalue weighted by atomic mass is 79.9. The lowest BCUT2D eigenvalue weighted by Gasteiger charge is -2.05. The van der Waals surface area contributed by atoms with E-state index < -0.39 is 0 Å². The Balaban J connectivity index is 2.38. The van der Waals surface area contributed by atoms with Crippen LogP contribution in [0.5, 0.6) is 0 Å². The van der Waals surface area contributed by atoms with Crippen molar-refractivity contribution >= 4 is 33.4 Å². The quantitative estimate of drug-likeness (QED) is 0.364. The smallest absolute Gasteiger partial charge is 0.251 e. The van der Waals surface area contributed by atoms with E-state index in [1.54, 1.807) is 18.2 Å². The standard InChI is InChI=1S/C11H12BrClN4O/c12-9-5-8(6-10(13)7-9)11(18)15-3-1-2-4-16-17-14/h5-7H,1-4H2,(H,15,18). The van der Waals surface area contributed by atoms with Crippen molar-refractivity contribution in [2.75, 3.05) is 13.1 Å². The van der Waals surface area contributed by atoms with E-state index in [9.17, 15) is 4.79 Å². The predicted molar refractivity (Wildman–Crippen MR) is 74.7 cm³/mol. The minimum absolute atomic E-state index is 0.165. The molecule has 0 bridgehead atoms. The van der Waals surface area contributed by atoms with Crippen LogP contribution in [0.4, 0.5) is 0 Å². The van der Waals surface area contributed by atoms with Gasteiger partial charge in [-0.15, -0.1) is 0 Å². The summed E-state index contributed by atoms with van der Waals surface area (Å²) in [5.41, 5.74) is 8.60. The molecule has 0 unspecified atom stereocenters. The highest BCUT2D eigenvalue weighted by Crippen LogP contribution is 2.19. The van der Waals surface area contributed by atoms with Crippen molar-refractivity contribution in [2.45, 2.75) is 12.8 Å². The number of unbranched alkanes of at least 4 members (excludes halogenated alkanes) is 1. The fourth-order valence-electron chi connectivity index (χ4n) is 1.34. The van der Waals surface area contributed by atoms with Crippen molar-refractivity contribution in [2.24, 2.45) is 5.11 Å². The summed E-state index contributed by atoms with van der Waals surface area (Å²) in [6, 6.07) is 5.04. The van der Waals surface area contributed by atoms with Crippen LogP contribution in [0.2, 0.25) is 5.02 Å². The summed E-state index contributed by atoms with van der Waals surface area (Å²) in [6.07, 6.45) is 1.52. The second kappa shape index (κ2) is 7.97. The molecule has 0 aliphatic heterocycles. The van der Waals surface area contributed by atoms with Gasteiger partial charge in [-0.2, -0.15) is 0 Å². The Labute approximate surface area is 118 Å². The molecule has 0 spiro atoms. The Morgan fingerprint density at radius 1 is 1.44 bits per heavy atom. The minimum Gasteiger partial charge on any atom is -0.352 e. The van der Waals surface area contributed by atoms with E-state index in [0.29, 0.717) is 23.7 Å². The molecule has 0 fully saturated rings. The van der Waals surface area contributed by atoms with Crippen molar-refractivity contribution in [3.8, 4) is 0 Å². The first-order valence-corrected chi connectivity index (χ1v) is 6.55. The molecular formula is C11H12BrClN4O. The molecule has 0 saturated carbocycles. The first kappa shape index (κ1) is 14.8. The number of hydrogen-bond donors (Lipinski definition) is 1. The second-order valence-corrected chi connectivity index (χ2v) is 4.93. The molecule has 7 heteroatoms. The van der Waals surface area contributed by atoms with Gasteiger partial charge in [0.15, 0.2) is 0 Å². The summed E-state index contributed by atoms with van der Waals surface area (Å²) >= 11 is 9.14. The van der Waals surface area contributed by atoms with Gasteiger partial charge in [-0.3, -0.25) is 4.79 Å². The Morgan fingerprint density at radius 2 is 2.22 bits per heavy atom. The lowest BCUT2D eigenvalue weighted by atomic mass is 10.2. The average Bonchev–Trinajstić information content (AvgIpc) is 2.32. The SMILES string of the molecule is [N-]=[N+]=NCCCCNC(=O)c1cc(Cl)cc(Br)c1. The fourth-order valence-corrected chi connectivity index (χ4v) is 2.20. The predicted octanol–water partition coefficient (Wildman–Crippen LogP) is 3.92. The Morgan fingerprint density at radius 3 is 2.89 bits per heavy atom. The van der Waals surface area contributed by atoms with Gasteiger partial charge in [-0.25, -0.2) is 0 Å². The summed E-state index contributed by atoms with van der Waals surface area (Å²) < 4.78 is 0.767. The van der Waals surface area contributed by atoms with Crippen LogP contribution in [0.1, 0.15) is 23.2 Å². The van der Waals surface area contributed by atoms with Gasteiger partial charge in [0, 0.05) is 33.1 Å². The molecule has 5 nitrogen and oxygen atoms in total. The highest BCUT2D eigenvalue weighted by molar-refractivity contribution is 9.10. The second-order valence-electron chi connectivity index (χ2n) is 3.58. The van der Waals surface area contributed by atoms with Crippen molar-refractivity contribution in [1.82, 2.24) is 5.32 Å². The molecule has 18 heavy (non-hydrogen) atoms. The van der Waals surface area contributed by atoms with Crippen molar-refractivity contribution in [3.63, 3.8) is 0 Å². The summed E-state index contributed by atoms with van der Waals surface area (Å²) in [5, 5.41) is 6.70. The molecule has 1 aromatic rings. The molecule has 0 saturated heterocycles. The van der Waals surface area contributed by atoms with Gasteiger partial charge >= 0.3 is 0 Å².